The SMILES string of the molecule is CC#CCOc1c(C)cccc1C(=O)NC1(C(=O)OCC)Cc2ccccc2C1. The van der Waals surface area contributed by atoms with Gasteiger partial charge >= 0.3 is 5.97 Å². The van der Waals surface area contributed by atoms with Crippen molar-refractivity contribution >= 4 is 11.9 Å². The number of rotatable bonds is 6. The Morgan fingerprint density at radius 2 is 1.79 bits per heavy atom. The molecule has 2 aromatic rings. The third-order valence-electron chi connectivity index (χ3n) is 5.04. The monoisotopic (exact) mass is 391 g/mol. The van der Waals surface area contributed by atoms with Gasteiger partial charge in [0.25, 0.3) is 5.91 Å². The lowest BCUT2D eigenvalue weighted by atomic mass is 9.94. The Bertz CT molecular complexity index is 959. The fourth-order valence-corrected chi connectivity index (χ4v) is 3.66. The summed E-state index contributed by atoms with van der Waals surface area (Å²) in [4.78, 5) is 26.1. The molecule has 1 N–H and O–H groups in total. The lowest BCUT2D eigenvalue weighted by Gasteiger charge is -2.28. The molecule has 0 aromatic heterocycles. The van der Waals surface area contributed by atoms with Crippen molar-refractivity contribution in [1.82, 2.24) is 5.32 Å². The average molecular weight is 391 g/mol. The Balaban J connectivity index is 1.91. The van der Waals surface area contributed by atoms with E-state index in [4.69, 9.17) is 9.47 Å². The Kier molecular flexibility index (Phi) is 6.23. The highest BCUT2D eigenvalue weighted by molar-refractivity contribution is 6.01. The first-order valence-electron chi connectivity index (χ1n) is 9.69. The minimum atomic E-state index is -1.12. The molecule has 5 nitrogen and oxygen atoms in total. The quantitative estimate of drug-likeness (QED) is 0.607. The van der Waals surface area contributed by atoms with E-state index in [0.29, 0.717) is 24.2 Å². The smallest absolute Gasteiger partial charge is 0.332 e. The van der Waals surface area contributed by atoms with E-state index in [1.54, 1.807) is 26.0 Å². The van der Waals surface area contributed by atoms with Gasteiger partial charge in [0, 0.05) is 12.8 Å². The number of nitrogens with one attached hydrogen (secondary N) is 1. The Morgan fingerprint density at radius 3 is 2.41 bits per heavy atom. The molecular formula is C24H25NO4. The third kappa shape index (κ3) is 4.27. The fraction of sp³-hybridized carbons (Fsp3) is 0.333. The summed E-state index contributed by atoms with van der Waals surface area (Å²) in [6.07, 6.45) is 0.800. The molecule has 2 aromatic carbocycles. The summed E-state index contributed by atoms with van der Waals surface area (Å²) >= 11 is 0. The van der Waals surface area contributed by atoms with Crippen LogP contribution in [-0.4, -0.2) is 30.6 Å². The van der Waals surface area contributed by atoms with E-state index < -0.39 is 11.5 Å². The van der Waals surface area contributed by atoms with Crippen molar-refractivity contribution in [2.24, 2.45) is 0 Å². The van der Waals surface area contributed by atoms with Crippen LogP contribution in [0.4, 0.5) is 0 Å². The van der Waals surface area contributed by atoms with Crippen LogP contribution in [0.1, 0.15) is 40.9 Å². The number of hydrogen-bond acceptors (Lipinski definition) is 4. The van der Waals surface area contributed by atoms with Crippen molar-refractivity contribution in [2.45, 2.75) is 39.2 Å². The van der Waals surface area contributed by atoms with Crippen LogP contribution in [0.15, 0.2) is 42.5 Å². The van der Waals surface area contributed by atoms with Crippen LogP contribution in [0.2, 0.25) is 0 Å². The van der Waals surface area contributed by atoms with Crippen LogP contribution in [-0.2, 0) is 22.4 Å². The van der Waals surface area contributed by atoms with Gasteiger partial charge in [-0.2, -0.15) is 0 Å². The van der Waals surface area contributed by atoms with Gasteiger partial charge in [-0.25, -0.2) is 4.79 Å². The van der Waals surface area contributed by atoms with E-state index in [9.17, 15) is 9.59 Å². The Morgan fingerprint density at radius 1 is 1.10 bits per heavy atom. The molecule has 29 heavy (non-hydrogen) atoms. The lowest BCUT2D eigenvalue weighted by Crippen LogP contribution is -2.56. The number of amides is 1. The number of fused-ring (bicyclic) bond motifs is 1. The zero-order valence-corrected chi connectivity index (χ0v) is 17.0. The number of aryl methyl sites for hydroxylation is 1. The number of carbonyl (C=O) groups excluding carboxylic acids is 2. The highest BCUT2D eigenvalue weighted by atomic mass is 16.5. The minimum absolute atomic E-state index is 0.191. The van der Waals surface area contributed by atoms with Crippen LogP contribution >= 0.6 is 0 Å². The maximum absolute atomic E-state index is 13.2. The van der Waals surface area contributed by atoms with Gasteiger partial charge in [-0.05, 0) is 43.5 Å². The first kappa shape index (κ1) is 20.5. The van der Waals surface area contributed by atoms with Gasteiger partial charge in [-0.15, -0.1) is 5.92 Å². The van der Waals surface area contributed by atoms with Crippen LogP contribution in [0, 0.1) is 18.8 Å². The summed E-state index contributed by atoms with van der Waals surface area (Å²) in [6.45, 7) is 5.81. The Hall–Kier alpha value is -3.26. The number of hydrogen-bond donors (Lipinski definition) is 1. The van der Waals surface area contributed by atoms with Gasteiger partial charge in [0.2, 0.25) is 0 Å². The van der Waals surface area contributed by atoms with E-state index in [2.05, 4.69) is 17.2 Å². The summed E-state index contributed by atoms with van der Waals surface area (Å²) < 4.78 is 11.1. The van der Waals surface area contributed by atoms with Crippen molar-refractivity contribution in [3.05, 3.63) is 64.7 Å². The summed E-state index contributed by atoms with van der Waals surface area (Å²) in [6, 6.07) is 13.2. The molecule has 0 unspecified atom stereocenters. The molecule has 1 amide bonds. The molecule has 0 bridgehead atoms. The summed E-state index contributed by atoms with van der Waals surface area (Å²) in [5.74, 6) is 5.30. The fourth-order valence-electron chi connectivity index (χ4n) is 3.66. The third-order valence-corrected chi connectivity index (χ3v) is 5.04. The van der Waals surface area contributed by atoms with Crippen molar-refractivity contribution in [1.29, 1.82) is 0 Å². The maximum Gasteiger partial charge on any atom is 0.332 e. The standard InChI is InChI=1S/C24H25NO4/c1-4-6-14-29-21-17(3)10-9-13-20(21)22(26)25-24(23(27)28-5-2)15-18-11-7-8-12-19(18)16-24/h7-13H,5,14-16H2,1-3H3,(H,25,26). The number of carbonyl (C=O) groups is 2. The number of esters is 1. The van der Waals surface area contributed by atoms with E-state index in [-0.39, 0.29) is 19.1 Å². The van der Waals surface area contributed by atoms with Gasteiger partial charge in [0.15, 0.2) is 0 Å². The maximum atomic E-state index is 13.2. The van der Waals surface area contributed by atoms with Crippen LogP contribution < -0.4 is 10.1 Å². The van der Waals surface area contributed by atoms with Gasteiger partial charge in [0.1, 0.15) is 17.9 Å². The van der Waals surface area contributed by atoms with Gasteiger partial charge in [0.05, 0.1) is 12.2 Å². The highest BCUT2D eigenvalue weighted by Crippen LogP contribution is 2.32. The van der Waals surface area contributed by atoms with Gasteiger partial charge in [-0.1, -0.05) is 42.3 Å². The molecule has 0 saturated carbocycles. The lowest BCUT2D eigenvalue weighted by molar-refractivity contribution is -0.150. The Labute approximate surface area is 171 Å². The topological polar surface area (TPSA) is 64.6 Å². The second-order valence-corrected chi connectivity index (χ2v) is 7.05. The van der Waals surface area contributed by atoms with E-state index >= 15 is 0 Å². The van der Waals surface area contributed by atoms with Crippen LogP contribution in [0.25, 0.3) is 0 Å². The molecule has 0 fully saturated rings. The second-order valence-electron chi connectivity index (χ2n) is 7.05. The normalized spacial score (nSPS) is 13.6. The average Bonchev–Trinajstić information content (AvgIpc) is 3.08. The molecule has 1 aliphatic carbocycles. The zero-order chi connectivity index (χ0) is 20.9. The van der Waals surface area contributed by atoms with Crippen LogP contribution in [0.5, 0.6) is 5.75 Å². The predicted octanol–water partition coefficient (Wildman–Crippen LogP) is 3.23. The molecular weight excluding hydrogens is 366 g/mol. The van der Waals surface area contributed by atoms with Crippen molar-refractivity contribution in [3.8, 4) is 17.6 Å². The summed E-state index contributed by atoms with van der Waals surface area (Å²) in [5, 5.41) is 2.97. The van der Waals surface area contributed by atoms with E-state index in [0.717, 1.165) is 16.7 Å². The molecule has 150 valence electrons. The molecule has 0 heterocycles. The first-order chi connectivity index (χ1) is 14.0. The van der Waals surface area contributed by atoms with Crippen molar-refractivity contribution in [2.75, 3.05) is 13.2 Å². The molecule has 3 rings (SSSR count). The number of benzene rings is 2. The molecule has 0 saturated heterocycles. The largest absolute Gasteiger partial charge is 0.480 e. The van der Waals surface area contributed by atoms with Crippen molar-refractivity contribution in [3.63, 3.8) is 0 Å². The predicted molar refractivity (Wildman–Crippen MR) is 111 cm³/mol. The molecule has 0 radical (unpaired) electrons. The van der Waals surface area contributed by atoms with Crippen molar-refractivity contribution < 1.29 is 19.1 Å². The van der Waals surface area contributed by atoms with E-state index in [1.807, 2.05) is 37.3 Å². The molecule has 0 atom stereocenters. The molecule has 1 aliphatic rings. The number of ether oxygens (including phenoxy) is 2. The minimum Gasteiger partial charge on any atom is -0.480 e. The second kappa shape index (κ2) is 8.83. The molecule has 5 heteroatoms. The van der Waals surface area contributed by atoms with Gasteiger partial charge in [-0.3, -0.25) is 4.79 Å². The van der Waals surface area contributed by atoms with Crippen LogP contribution in [0.3, 0.4) is 0 Å². The summed E-state index contributed by atoms with van der Waals surface area (Å²) in [5.41, 5.74) is 2.17. The number of para-hydroxylation sites is 1. The first-order valence-corrected chi connectivity index (χ1v) is 9.69. The molecule has 0 spiro atoms. The zero-order valence-electron chi connectivity index (χ0n) is 17.0. The molecule has 0 aliphatic heterocycles. The van der Waals surface area contributed by atoms with Gasteiger partial charge < -0.3 is 14.8 Å². The summed E-state index contributed by atoms with van der Waals surface area (Å²) in [7, 11) is 0. The highest BCUT2D eigenvalue weighted by Gasteiger charge is 2.46. The van der Waals surface area contributed by atoms with E-state index in [1.165, 1.54) is 0 Å².